The lowest BCUT2D eigenvalue weighted by Gasteiger charge is -2.00. The first-order valence-corrected chi connectivity index (χ1v) is 9.16. The second-order valence-corrected chi connectivity index (χ2v) is 7.86. The van der Waals surface area contributed by atoms with Gasteiger partial charge in [-0.05, 0) is 46.2 Å². The number of benzene rings is 1. The van der Waals surface area contributed by atoms with E-state index in [0.29, 0.717) is 14.6 Å². The highest BCUT2D eigenvalue weighted by atomic mass is 32.2. The first-order chi connectivity index (χ1) is 11.6. The van der Waals surface area contributed by atoms with Crippen molar-refractivity contribution in [2.45, 2.75) is 0 Å². The fourth-order valence-corrected chi connectivity index (χ4v) is 4.45. The van der Waals surface area contributed by atoms with Gasteiger partial charge in [0.2, 0.25) is 0 Å². The predicted molar refractivity (Wildman–Crippen MR) is 104 cm³/mol. The van der Waals surface area contributed by atoms with E-state index in [4.69, 9.17) is 12.2 Å². The molecule has 0 bridgehead atoms. The first kappa shape index (κ1) is 15.3. The number of nitrogens with one attached hydrogen (secondary N) is 2. The number of rotatable bonds is 2. The minimum Gasteiger partial charge on any atom is -0.329 e. The molecule has 0 atom stereocenters. The molecule has 4 nitrogen and oxygen atoms in total. The average molecular weight is 370 g/mol. The van der Waals surface area contributed by atoms with Gasteiger partial charge in [-0.1, -0.05) is 36.1 Å². The summed E-state index contributed by atoms with van der Waals surface area (Å²) in [6.45, 7) is 0. The van der Waals surface area contributed by atoms with Gasteiger partial charge < -0.3 is 10.3 Å². The van der Waals surface area contributed by atoms with Crippen LogP contribution in [0.1, 0.15) is 4.88 Å². The fraction of sp³-hybridized carbons (Fsp3) is 0. The van der Waals surface area contributed by atoms with E-state index >= 15 is 0 Å². The molecule has 0 radical (unpaired) electrons. The zero-order valence-corrected chi connectivity index (χ0v) is 14.6. The molecule has 0 aliphatic carbocycles. The van der Waals surface area contributed by atoms with Gasteiger partial charge in [-0.2, -0.15) is 0 Å². The molecule has 2 aromatic heterocycles. The van der Waals surface area contributed by atoms with Gasteiger partial charge in [0.25, 0.3) is 11.5 Å². The average Bonchev–Trinajstić information content (AvgIpc) is 3.15. The molecule has 1 aromatic carbocycles. The highest BCUT2D eigenvalue weighted by Crippen LogP contribution is 2.31. The number of carbonyl (C=O) groups excluding carboxylic acids is 1. The van der Waals surface area contributed by atoms with Crippen LogP contribution in [0.25, 0.3) is 28.0 Å². The van der Waals surface area contributed by atoms with Crippen LogP contribution in [0.3, 0.4) is 0 Å². The van der Waals surface area contributed by atoms with E-state index in [2.05, 4.69) is 10.3 Å². The van der Waals surface area contributed by atoms with Crippen molar-refractivity contribution in [2.24, 2.45) is 0 Å². The summed E-state index contributed by atoms with van der Waals surface area (Å²) in [7, 11) is 0. The van der Waals surface area contributed by atoms with Gasteiger partial charge in [0, 0.05) is 16.5 Å². The lowest BCUT2D eigenvalue weighted by molar-refractivity contribution is -0.115. The van der Waals surface area contributed by atoms with Gasteiger partial charge in [-0.3, -0.25) is 9.59 Å². The molecule has 7 heteroatoms. The van der Waals surface area contributed by atoms with Crippen LogP contribution in [0.4, 0.5) is 0 Å². The predicted octanol–water partition coefficient (Wildman–Crippen LogP) is 3.75. The minimum atomic E-state index is -0.155. The number of hydrogen-bond donors (Lipinski definition) is 2. The number of fused-ring (bicyclic) bond motifs is 1. The number of aromatic nitrogens is 1. The molecule has 1 aliphatic heterocycles. The number of hydrogen-bond acceptors (Lipinski definition) is 5. The molecular weight excluding hydrogens is 360 g/mol. The zero-order chi connectivity index (χ0) is 16.7. The number of pyridine rings is 1. The molecule has 4 rings (SSSR count). The van der Waals surface area contributed by atoms with Gasteiger partial charge in [0.1, 0.15) is 4.32 Å². The third-order valence-electron chi connectivity index (χ3n) is 3.64. The molecule has 1 fully saturated rings. The van der Waals surface area contributed by atoms with Crippen molar-refractivity contribution in [3.63, 3.8) is 0 Å². The van der Waals surface area contributed by atoms with Crippen molar-refractivity contribution in [2.75, 3.05) is 0 Å². The Kier molecular flexibility index (Phi) is 3.84. The van der Waals surface area contributed by atoms with Crippen LogP contribution in [0.15, 0.2) is 51.6 Å². The van der Waals surface area contributed by atoms with E-state index in [0.717, 1.165) is 21.4 Å². The molecule has 0 spiro atoms. The van der Waals surface area contributed by atoms with E-state index in [-0.39, 0.29) is 11.5 Å². The van der Waals surface area contributed by atoms with Gasteiger partial charge in [-0.15, -0.1) is 11.3 Å². The molecule has 3 heterocycles. The summed E-state index contributed by atoms with van der Waals surface area (Å²) in [5, 5.41) is 6.19. The largest absolute Gasteiger partial charge is 0.329 e. The van der Waals surface area contributed by atoms with Gasteiger partial charge in [0.15, 0.2) is 0 Å². The van der Waals surface area contributed by atoms with Crippen molar-refractivity contribution in [1.82, 2.24) is 10.3 Å². The standard InChI is InChI=1S/C17H10N2O2S3/c20-15-13-6-10(2-1-9(13)3-4-18-15)11-5-12(23-8-11)7-14-16(21)19-17(22)24-14/h1-8H,(H,18,20)(H,19,21,22)/b14-7-. The second kappa shape index (κ2) is 6.01. The second-order valence-electron chi connectivity index (χ2n) is 5.20. The number of carbonyl (C=O) groups is 1. The number of thiocarbonyl (C=S) groups is 1. The van der Waals surface area contributed by atoms with E-state index in [1.165, 1.54) is 11.8 Å². The Bertz CT molecular complexity index is 1080. The summed E-state index contributed by atoms with van der Waals surface area (Å²) in [4.78, 5) is 27.9. The SMILES string of the molecule is O=C1NC(=S)S/C1=C\c1cc(-c2ccc3cc[nH]c(=O)c3c2)cs1. The Morgan fingerprint density at radius 2 is 1.96 bits per heavy atom. The van der Waals surface area contributed by atoms with Gasteiger partial charge >= 0.3 is 0 Å². The van der Waals surface area contributed by atoms with E-state index < -0.39 is 0 Å². The molecule has 1 saturated heterocycles. The monoisotopic (exact) mass is 370 g/mol. The maximum atomic E-state index is 11.9. The van der Waals surface area contributed by atoms with Crippen molar-refractivity contribution in [3.05, 3.63) is 62.0 Å². The molecule has 24 heavy (non-hydrogen) atoms. The number of amides is 1. The van der Waals surface area contributed by atoms with Gasteiger partial charge in [-0.25, -0.2) is 0 Å². The number of thioether (sulfide) groups is 1. The normalized spacial score (nSPS) is 16.1. The van der Waals surface area contributed by atoms with Crippen LogP contribution < -0.4 is 10.9 Å². The van der Waals surface area contributed by atoms with Crippen LogP contribution in [-0.4, -0.2) is 15.2 Å². The molecule has 118 valence electrons. The van der Waals surface area contributed by atoms with Crippen LogP contribution in [-0.2, 0) is 4.79 Å². The zero-order valence-electron chi connectivity index (χ0n) is 12.2. The summed E-state index contributed by atoms with van der Waals surface area (Å²) in [6, 6.07) is 9.70. The molecule has 0 unspecified atom stereocenters. The van der Waals surface area contributed by atoms with Crippen molar-refractivity contribution >= 4 is 62.4 Å². The Morgan fingerprint density at radius 1 is 1.08 bits per heavy atom. The fourth-order valence-electron chi connectivity index (χ4n) is 2.49. The molecule has 2 N–H and O–H groups in total. The maximum Gasteiger partial charge on any atom is 0.263 e. The minimum absolute atomic E-state index is 0.0977. The molecule has 3 aromatic rings. The number of aromatic amines is 1. The van der Waals surface area contributed by atoms with Crippen LogP contribution in [0, 0.1) is 0 Å². The van der Waals surface area contributed by atoms with Crippen LogP contribution >= 0.6 is 35.3 Å². The molecule has 1 amide bonds. The highest BCUT2D eigenvalue weighted by Gasteiger charge is 2.22. The summed E-state index contributed by atoms with van der Waals surface area (Å²) < 4.78 is 0.483. The van der Waals surface area contributed by atoms with E-state index in [1.807, 2.05) is 41.8 Å². The third kappa shape index (κ3) is 2.82. The quantitative estimate of drug-likeness (QED) is 0.533. The topological polar surface area (TPSA) is 62.0 Å². The Hall–Kier alpha value is -2.22. The number of thiophene rings is 1. The maximum absolute atomic E-state index is 11.9. The summed E-state index contributed by atoms with van der Waals surface area (Å²) >= 11 is 7.80. The number of H-pyrrole nitrogens is 1. The highest BCUT2D eigenvalue weighted by molar-refractivity contribution is 8.26. The Morgan fingerprint density at radius 3 is 2.75 bits per heavy atom. The van der Waals surface area contributed by atoms with E-state index in [9.17, 15) is 9.59 Å². The lowest BCUT2D eigenvalue weighted by Crippen LogP contribution is -2.17. The third-order valence-corrected chi connectivity index (χ3v) is 5.69. The molecule has 1 aliphatic rings. The van der Waals surface area contributed by atoms with Crippen molar-refractivity contribution < 1.29 is 4.79 Å². The summed E-state index contributed by atoms with van der Waals surface area (Å²) in [6.07, 6.45) is 3.48. The first-order valence-electron chi connectivity index (χ1n) is 7.05. The summed E-state index contributed by atoms with van der Waals surface area (Å²) in [5.74, 6) is -0.155. The van der Waals surface area contributed by atoms with Gasteiger partial charge in [0.05, 0.1) is 4.91 Å². The lowest BCUT2D eigenvalue weighted by atomic mass is 10.0. The van der Waals surface area contributed by atoms with Crippen molar-refractivity contribution in [3.8, 4) is 11.1 Å². The molecular formula is C17H10N2O2S3. The Labute approximate surface area is 150 Å². The molecule has 0 saturated carbocycles. The van der Waals surface area contributed by atoms with E-state index in [1.54, 1.807) is 17.5 Å². The van der Waals surface area contributed by atoms with Crippen molar-refractivity contribution in [1.29, 1.82) is 0 Å². The smallest absolute Gasteiger partial charge is 0.263 e. The van der Waals surface area contributed by atoms with Crippen LogP contribution in [0.5, 0.6) is 0 Å². The Balaban J connectivity index is 1.72. The van der Waals surface area contributed by atoms with Crippen LogP contribution in [0.2, 0.25) is 0 Å². The summed E-state index contributed by atoms with van der Waals surface area (Å²) in [5.41, 5.74) is 1.89.